The maximum Gasteiger partial charge on any atom is 0.134 e. The smallest absolute Gasteiger partial charge is 0.134 e. The first-order chi connectivity index (χ1) is 10.2. The summed E-state index contributed by atoms with van der Waals surface area (Å²) in [7, 11) is 0. The second-order valence-electron chi connectivity index (χ2n) is 5.67. The number of aryl methyl sites for hydroxylation is 1. The fourth-order valence-corrected chi connectivity index (χ4v) is 2.62. The van der Waals surface area contributed by atoms with Gasteiger partial charge in [-0.25, -0.2) is 9.97 Å². The van der Waals surface area contributed by atoms with Gasteiger partial charge < -0.3 is 15.0 Å². The number of hydrogen-bond donors (Lipinski definition) is 1. The minimum Gasteiger partial charge on any atom is -0.376 e. The number of anilines is 2. The molecule has 1 aliphatic rings. The van der Waals surface area contributed by atoms with Crippen molar-refractivity contribution in [3.8, 4) is 0 Å². The van der Waals surface area contributed by atoms with Crippen molar-refractivity contribution in [2.45, 2.75) is 52.6 Å². The van der Waals surface area contributed by atoms with Gasteiger partial charge in [-0.05, 0) is 32.6 Å². The highest BCUT2D eigenvalue weighted by molar-refractivity contribution is 5.49. The molecule has 5 nitrogen and oxygen atoms in total. The quantitative estimate of drug-likeness (QED) is 0.837. The van der Waals surface area contributed by atoms with Gasteiger partial charge in [0.2, 0.25) is 0 Å². The van der Waals surface area contributed by atoms with Gasteiger partial charge in [0.15, 0.2) is 0 Å². The normalized spacial score (nSPS) is 18.8. The van der Waals surface area contributed by atoms with Crippen LogP contribution < -0.4 is 10.2 Å². The molecule has 0 saturated carbocycles. The lowest BCUT2D eigenvalue weighted by Crippen LogP contribution is -2.40. The molecule has 1 fully saturated rings. The molecule has 0 aliphatic carbocycles. The highest BCUT2D eigenvalue weighted by atomic mass is 16.5. The molecule has 1 saturated heterocycles. The summed E-state index contributed by atoms with van der Waals surface area (Å²) in [6.45, 7) is 10.0. The zero-order valence-corrected chi connectivity index (χ0v) is 13.6. The Morgan fingerprint density at radius 3 is 2.95 bits per heavy atom. The van der Waals surface area contributed by atoms with Gasteiger partial charge in [0.25, 0.3) is 0 Å². The third kappa shape index (κ3) is 4.84. The second kappa shape index (κ2) is 8.17. The summed E-state index contributed by atoms with van der Waals surface area (Å²) in [5.74, 6) is 2.77. The molecular weight excluding hydrogens is 264 g/mol. The third-order valence-corrected chi connectivity index (χ3v) is 3.64. The number of nitrogens with one attached hydrogen (secondary N) is 1. The molecule has 1 N–H and O–H groups in total. The Hall–Kier alpha value is -1.36. The van der Waals surface area contributed by atoms with Gasteiger partial charge in [-0.2, -0.15) is 0 Å². The first-order valence-corrected chi connectivity index (χ1v) is 8.19. The molecule has 0 bridgehead atoms. The van der Waals surface area contributed by atoms with E-state index < -0.39 is 0 Å². The Labute approximate surface area is 128 Å². The van der Waals surface area contributed by atoms with Crippen LogP contribution in [0, 0.1) is 6.92 Å². The molecule has 1 atom stereocenters. The maximum absolute atomic E-state index is 5.91. The van der Waals surface area contributed by atoms with Crippen molar-refractivity contribution >= 4 is 11.6 Å². The van der Waals surface area contributed by atoms with E-state index in [0.29, 0.717) is 6.10 Å². The molecular formula is C16H28N4O. The molecule has 0 amide bonds. The summed E-state index contributed by atoms with van der Waals surface area (Å²) in [4.78, 5) is 11.4. The van der Waals surface area contributed by atoms with Crippen molar-refractivity contribution in [1.29, 1.82) is 0 Å². The fraction of sp³-hybridized carbons (Fsp3) is 0.750. The third-order valence-electron chi connectivity index (χ3n) is 3.64. The van der Waals surface area contributed by atoms with E-state index in [1.165, 1.54) is 0 Å². The Morgan fingerprint density at radius 2 is 2.19 bits per heavy atom. The molecule has 5 heteroatoms. The monoisotopic (exact) mass is 292 g/mol. The summed E-state index contributed by atoms with van der Waals surface area (Å²) >= 11 is 0. The molecule has 2 heterocycles. The summed E-state index contributed by atoms with van der Waals surface area (Å²) in [5, 5.41) is 3.35. The standard InChI is InChI=1S/C16H28N4O/c1-4-8-17-15-11-16(19-13(3)18-15)20-9-6-7-14(12-20)21-10-5-2/h11,14H,4-10,12H2,1-3H3,(H,17,18,19). The Kier molecular flexibility index (Phi) is 6.23. The predicted molar refractivity (Wildman–Crippen MR) is 87.0 cm³/mol. The number of aromatic nitrogens is 2. The highest BCUT2D eigenvalue weighted by Crippen LogP contribution is 2.22. The van der Waals surface area contributed by atoms with E-state index in [2.05, 4.69) is 40.1 Å². The topological polar surface area (TPSA) is 50.3 Å². The van der Waals surface area contributed by atoms with Crippen LogP contribution in [0.3, 0.4) is 0 Å². The van der Waals surface area contributed by atoms with Crippen LogP contribution in [0.4, 0.5) is 11.6 Å². The molecule has 118 valence electrons. The lowest BCUT2D eigenvalue weighted by Gasteiger charge is -2.33. The lowest BCUT2D eigenvalue weighted by molar-refractivity contribution is 0.0439. The molecule has 21 heavy (non-hydrogen) atoms. The van der Waals surface area contributed by atoms with Crippen LogP contribution in [-0.2, 0) is 4.74 Å². The molecule has 1 unspecified atom stereocenters. The van der Waals surface area contributed by atoms with E-state index in [1.54, 1.807) is 0 Å². The van der Waals surface area contributed by atoms with E-state index >= 15 is 0 Å². The molecule has 0 radical (unpaired) electrons. The van der Waals surface area contributed by atoms with Crippen LogP contribution in [0.5, 0.6) is 0 Å². The number of rotatable bonds is 7. The SMILES string of the molecule is CCCNc1cc(N2CCCC(OCCC)C2)nc(C)n1. The molecule has 1 aromatic rings. The Balaban J connectivity index is 2.03. The second-order valence-corrected chi connectivity index (χ2v) is 5.67. The summed E-state index contributed by atoms with van der Waals surface area (Å²) in [6, 6.07) is 2.06. The maximum atomic E-state index is 5.91. The average molecular weight is 292 g/mol. The Morgan fingerprint density at radius 1 is 1.33 bits per heavy atom. The minimum absolute atomic E-state index is 0.334. The van der Waals surface area contributed by atoms with Crippen LogP contribution in [0.25, 0.3) is 0 Å². The van der Waals surface area contributed by atoms with Crippen LogP contribution in [0.15, 0.2) is 6.07 Å². The molecule has 0 aromatic carbocycles. The van der Waals surface area contributed by atoms with Crippen molar-refractivity contribution in [2.24, 2.45) is 0 Å². The van der Waals surface area contributed by atoms with Crippen LogP contribution in [-0.4, -0.2) is 42.3 Å². The van der Waals surface area contributed by atoms with E-state index in [4.69, 9.17) is 4.74 Å². The van der Waals surface area contributed by atoms with Gasteiger partial charge in [0.05, 0.1) is 6.10 Å². The summed E-state index contributed by atoms with van der Waals surface area (Å²) < 4.78 is 5.91. The van der Waals surface area contributed by atoms with Gasteiger partial charge in [-0.3, -0.25) is 0 Å². The van der Waals surface area contributed by atoms with Gasteiger partial charge in [-0.15, -0.1) is 0 Å². The van der Waals surface area contributed by atoms with Gasteiger partial charge in [-0.1, -0.05) is 13.8 Å². The molecule has 2 rings (SSSR count). The van der Waals surface area contributed by atoms with Gasteiger partial charge >= 0.3 is 0 Å². The van der Waals surface area contributed by atoms with E-state index in [9.17, 15) is 0 Å². The molecule has 0 spiro atoms. The van der Waals surface area contributed by atoms with Crippen LogP contribution >= 0.6 is 0 Å². The van der Waals surface area contributed by atoms with Crippen molar-refractivity contribution in [1.82, 2.24) is 9.97 Å². The average Bonchev–Trinajstić information content (AvgIpc) is 2.50. The largest absolute Gasteiger partial charge is 0.376 e. The zero-order valence-electron chi connectivity index (χ0n) is 13.6. The van der Waals surface area contributed by atoms with Crippen molar-refractivity contribution in [3.05, 3.63) is 11.9 Å². The number of ether oxygens (including phenoxy) is 1. The number of nitrogens with zero attached hydrogens (tertiary/aromatic N) is 3. The number of piperidine rings is 1. The Bertz CT molecular complexity index is 438. The summed E-state index contributed by atoms with van der Waals surface area (Å²) in [6.07, 6.45) is 4.82. The lowest BCUT2D eigenvalue weighted by atomic mass is 10.1. The van der Waals surface area contributed by atoms with E-state index in [-0.39, 0.29) is 0 Å². The first-order valence-electron chi connectivity index (χ1n) is 8.19. The van der Waals surface area contributed by atoms with Crippen molar-refractivity contribution < 1.29 is 4.74 Å². The van der Waals surface area contributed by atoms with Gasteiger partial charge in [0.1, 0.15) is 17.5 Å². The highest BCUT2D eigenvalue weighted by Gasteiger charge is 2.21. The van der Waals surface area contributed by atoms with E-state index in [1.807, 2.05) is 6.92 Å². The van der Waals surface area contributed by atoms with Crippen LogP contribution in [0.2, 0.25) is 0 Å². The first kappa shape index (κ1) is 16.0. The van der Waals surface area contributed by atoms with Crippen LogP contribution in [0.1, 0.15) is 45.4 Å². The van der Waals surface area contributed by atoms with Gasteiger partial charge in [0, 0.05) is 32.3 Å². The minimum atomic E-state index is 0.334. The number of hydrogen-bond acceptors (Lipinski definition) is 5. The molecule has 1 aromatic heterocycles. The summed E-state index contributed by atoms with van der Waals surface area (Å²) in [5.41, 5.74) is 0. The van der Waals surface area contributed by atoms with Crippen molar-refractivity contribution in [3.63, 3.8) is 0 Å². The van der Waals surface area contributed by atoms with E-state index in [0.717, 1.165) is 69.4 Å². The molecule has 1 aliphatic heterocycles. The zero-order chi connectivity index (χ0) is 15.1. The van der Waals surface area contributed by atoms with Crippen molar-refractivity contribution in [2.75, 3.05) is 36.5 Å². The fourth-order valence-electron chi connectivity index (χ4n) is 2.62. The predicted octanol–water partition coefficient (Wildman–Crippen LogP) is 3.00.